The monoisotopic (exact) mass is 267 g/mol. The standard InChI is InChI=1S/C12H13NO2S2/c13-8-11-6-7-12(16-11)17(14,15)9-10-4-2-1-3-5-10/h1-7H,8-9,13H2. The van der Waals surface area contributed by atoms with E-state index < -0.39 is 9.84 Å². The van der Waals surface area contributed by atoms with Crippen LogP contribution in [0.1, 0.15) is 10.4 Å². The molecule has 1 aromatic carbocycles. The highest BCUT2D eigenvalue weighted by molar-refractivity contribution is 7.92. The van der Waals surface area contributed by atoms with E-state index in [1.54, 1.807) is 12.1 Å². The molecule has 0 spiro atoms. The first-order valence-corrected chi connectivity index (χ1v) is 7.64. The summed E-state index contributed by atoms with van der Waals surface area (Å²) in [7, 11) is -3.24. The number of hydrogen-bond acceptors (Lipinski definition) is 4. The summed E-state index contributed by atoms with van der Waals surface area (Å²) in [6, 6.07) is 12.6. The number of benzene rings is 1. The van der Waals surface area contributed by atoms with Gasteiger partial charge in [-0.25, -0.2) is 8.42 Å². The van der Waals surface area contributed by atoms with Gasteiger partial charge in [-0.3, -0.25) is 0 Å². The molecule has 1 aromatic heterocycles. The van der Waals surface area contributed by atoms with Gasteiger partial charge in [-0.15, -0.1) is 11.3 Å². The molecule has 0 aliphatic rings. The molecule has 3 nitrogen and oxygen atoms in total. The molecule has 0 amide bonds. The summed E-state index contributed by atoms with van der Waals surface area (Å²) in [5.74, 6) is 0.0400. The Morgan fingerprint density at radius 1 is 1.06 bits per heavy atom. The van der Waals surface area contributed by atoms with Gasteiger partial charge in [0, 0.05) is 11.4 Å². The number of sulfone groups is 1. The van der Waals surface area contributed by atoms with Crippen LogP contribution < -0.4 is 5.73 Å². The summed E-state index contributed by atoms with van der Waals surface area (Å²) in [5.41, 5.74) is 6.28. The number of rotatable bonds is 4. The van der Waals surface area contributed by atoms with E-state index >= 15 is 0 Å². The molecular formula is C12H13NO2S2. The predicted molar refractivity (Wildman–Crippen MR) is 69.5 cm³/mol. The summed E-state index contributed by atoms with van der Waals surface area (Å²) in [6.45, 7) is 0.380. The lowest BCUT2D eigenvalue weighted by Crippen LogP contribution is -2.02. The van der Waals surface area contributed by atoms with Crippen LogP contribution in [0, 0.1) is 0 Å². The minimum Gasteiger partial charge on any atom is -0.326 e. The first-order chi connectivity index (χ1) is 8.12. The molecule has 2 aromatic rings. The van der Waals surface area contributed by atoms with Crippen LogP contribution in [-0.2, 0) is 22.1 Å². The van der Waals surface area contributed by atoms with E-state index in [1.165, 1.54) is 11.3 Å². The fraction of sp³-hybridized carbons (Fsp3) is 0.167. The Kier molecular flexibility index (Phi) is 3.61. The highest BCUT2D eigenvalue weighted by Gasteiger charge is 2.17. The van der Waals surface area contributed by atoms with Gasteiger partial charge in [-0.2, -0.15) is 0 Å². The Morgan fingerprint density at radius 2 is 1.76 bits per heavy atom. The van der Waals surface area contributed by atoms with Crippen molar-refractivity contribution in [2.24, 2.45) is 5.73 Å². The van der Waals surface area contributed by atoms with Crippen LogP contribution in [0.5, 0.6) is 0 Å². The van der Waals surface area contributed by atoms with Gasteiger partial charge in [0.1, 0.15) is 4.21 Å². The topological polar surface area (TPSA) is 60.2 Å². The molecule has 0 atom stereocenters. The van der Waals surface area contributed by atoms with E-state index in [4.69, 9.17) is 5.73 Å². The maximum absolute atomic E-state index is 12.1. The summed E-state index contributed by atoms with van der Waals surface area (Å²) < 4.78 is 24.6. The minimum atomic E-state index is -3.24. The zero-order chi connectivity index (χ0) is 12.3. The molecule has 90 valence electrons. The maximum Gasteiger partial charge on any atom is 0.191 e. The number of nitrogens with two attached hydrogens (primary N) is 1. The molecule has 0 radical (unpaired) electrons. The zero-order valence-corrected chi connectivity index (χ0v) is 10.8. The second kappa shape index (κ2) is 5.00. The van der Waals surface area contributed by atoms with Crippen molar-refractivity contribution >= 4 is 21.2 Å². The molecule has 0 saturated heterocycles. The van der Waals surface area contributed by atoms with Crippen molar-refractivity contribution < 1.29 is 8.42 Å². The van der Waals surface area contributed by atoms with Gasteiger partial charge >= 0.3 is 0 Å². The lowest BCUT2D eigenvalue weighted by Gasteiger charge is -2.01. The van der Waals surface area contributed by atoms with Crippen LogP contribution in [0.25, 0.3) is 0 Å². The van der Waals surface area contributed by atoms with E-state index in [0.29, 0.717) is 10.8 Å². The van der Waals surface area contributed by atoms with E-state index in [-0.39, 0.29) is 5.75 Å². The average Bonchev–Trinajstić information content (AvgIpc) is 2.79. The van der Waals surface area contributed by atoms with Gasteiger partial charge in [0.05, 0.1) is 5.75 Å². The largest absolute Gasteiger partial charge is 0.326 e. The Hall–Kier alpha value is -1.17. The molecule has 0 aliphatic heterocycles. The van der Waals surface area contributed by atoms with Crippen LogP contribution >= 0.6 is 11.3 Å². The third kappa shape index (κ3) is 2.94. The Balaban J connectivity index is 2.25. The quantitative estimate of drug-likeness (QED) is 0.923. The van der Waals surface area contributed by atoms with Crippen molar-refractivity contribution in [2.75, 3.05) is 0 Å². The van der Waals surface area contributed by atoms with Gasteiger partial charge in [0.15, 0.2) is 9.84 Å². The van der Waals surface area contributed by atoms with Gasteiger partial charge in [-0.05, 0) is 17.7 Å². The van der Waals surface area contributed by atoms with Crippen molar-refractivity contribution in [3.63, 3.8) is 0 Å². The molecule has 1 heterocycles. The lowest BCUT2D eigenvalue weighted by molar-refractivity contribution is 0.597. The average molecular weight is 267 g/mol. The number of thiophene rings is 1. The highest BCUT2D eigenvalue weighted by atomic mass is 32.2. The Bertz CT molecular complexity index is 588. The second-order valence-electron chi connectivity index (χ2n) is 3.67. The van der Waals surface area contributed by atoms with Crippen molar-refractivity contribution in [3.8, 4) is 0 Å². The fourth-order valence-electron chi connectivity index (χ4n) is 1.50. The maximum atomic E-state index is 12.1. The Morgan fingerprint density at radius 3 is 2.35 bits per heavy atom. The summed E-state index contributed by atoms with van der Waals surface area (Å²) in [6.07, 6.45) is 0. The molecule has 0 fully saturated rings. The van der Waals surface area contributed by atoms with Crippen molar-refractivity contribution in [3.05, 3.63) is 52.9 Å². The summed E-state index contributed by atoms with van der Waals surface area (Å²) >= 11 is 1.25. The SMILES string of the molecule is NCc1ccc(S(=O)(=O)Cc2ccccc2)s1. The Labute approximate surface area is 105 Å². The second-order valence-corrected chi connectivity index (χ2v) is 7.05. The van der Waals surface area contributed by atoms with Crippen LogP contribution in [0.4, 0.5) is 0 Å². The van der Waals surface area contributed by atoms with Crippen LogP contribution in [0.3, 0.4) is 0 Å². The third-order valence-corrected chi connectivity index (χ3v) is 5.72. The first-order valence-electron chi connectivity index (χ1n) is 5.17. The van der Waals surface area contributed by atoms with Gasteiger partial charge in [-0.1, -0.05) is 30.3 Å². The summed E-state index contributed by atoms with van der Waals surface area (Å²) in [5, 5.41) is 0. The highest BCUT2D eigenvalue weighted by Crippen LogP contribution is 2.24. The van der Waals surface area contributed by atoms with Crippen molar-refractivity contribution in [1.29, 1.82) is 0 Å². The van der Waals surface area contributed by atoms with Crippen LogP contribution in [0.2, 0.25) is 0 Å². The molecular weight excluding hydrogens is 254 g/mol. The zero-order valence-electron chi connectivity index (χ0n) is 9.17. The van der Waals surface area contributed by atoms with E-state index in [0.717, 1.165) is 10.4 Å². The lowest BCUT2D eigenvalue weighted by atomic mass is 10.2. The molecule has 2 N–H and O–H groups in total. The van der Waals surface area contributed by atoms with Crippen LogP contribution in [-0.4, -0.2) is 8.42 Å². The van der Waals surface area contributed by atoms with Gasteiger partial charge < -0.3 is 5.73 Å². The normalized spacial score (nSPS) is 11.6. The molecule has 0 aliphatic carbocycles. The minimum absolute atomic E-state index is 0.0400. The smallest absolute Gasteiger partial charge is 0.191 e. The van der Waals surface area contributed by atoms with Crippen molar-refractivity contribution in [1.82, 2.24) is 0 Å². The van der Waals surface area contributed by atoms with E-state index in [9.17, 15) is 8.42 Å². The first kappa shape index (κ1) is 12.3. The third-order valence-electron chi connectivity index (χ3n) is 2.34. The van der Waals surface area contributed by atoms with Crippen molar-refractivity contribution in [2.45, 2.75) is 16.5 Å². The van der Waals surface area contributed by atoms with Gasteiger partial charge in [0.25, 0.3) is 0 Å². The molecule has 0 bridgehead atoms. The molecule has 17 heavy (non-hydrogen) atoms. The van der Waals surface area contributed by atoms with E-state index in [2.05, 4.69) is 0 Å². The van der Waals surface area contributed by atoms with Crippen LogP contribution in [0.15, 0.2) is 46.7 Å². The molecule has 2 rings (SSSR count). The summed E-state index contributed by atoms with van der Waals surface area (Å²) in [4.78, 5) is 0.886. The number of hydrogen-bond donors (Lipinski definition) is 1. The predicted octanol–water partition coefficient (Wildman–Crippen LogP) is 2.18. The fourth-order valence-corrected chi connectivity index (χ4v) is 4.17. The molecule has 0 saturated carbocycles. The van der Waals surface area contributed by atoms with E-state index in [1.807, 2.05) is 30.3 Å². The molecule has 0 unspecified atom stereocenters. The molecule has 5 heteroatoms. The van der Waals surface area contributed by atoms with Gasteiger partial charge in [0.2, 0.25) is 0 Å².